The number of carboxylic acids is 2. The van der Waals surface area contributed by atoms with E-state index in [0.717, 1.165) is 25.7 Å². The van der Waals surface area contributed by atoms with E-state index < -0.39 is 22.8 Å². The van der Waals surface area contributed by atoms with Crippen LogP contribution in [0, 0.1) is 10.8 Å². The van der Waals surface area contributed by atoms with Gasteiger partial charge in [0, 0.05) is 0 Å². The van der Waals surface area contributed by atoms with E-state index in [1.165, 1.54) is 0 Å². The van der Waals surface area contributed by atoms with Crippen molar-refractivity contribution in [2.24, 2.45) is 10.8 Å². The molecule has 0 aromatic rings. The highest BCUT2D eigenvalue weighted by Crippen LogP contribution is 2.31. The largest absolute Gasteiger partial charge is 0.481 e. The van der Waals surface area contributed by atoms with Gasteiger partial charge in [0.05, 0.1) is 23.0 Å². The zero-order valence-electron chi connectivity index (χ0n) is 15.5. The average molecular weight is 330 g/mol. The first kappa shape index (κ1) is 21.9. The summed E-state index contributed by atoms with van der Waals surface area (Å²) in [6.45, 7) is 10.9. The summed E-state index contributed by atoms with van der Waals surface area (Å²) in [4.78, 5) is 22.7. The molecule has 0 fully saturated rings. The van der Waals surface area contributed by atoms with E-state index in [-0.39, 0.29) is 12.2 Å². The maximum atomic E-state index is 11.4. The third-order valence-electron chi connectivity index (χ3n) is 4.24. The van der Waals surface area contributed by atoms with Crippen molar-refractivity contribution in [2.45, 2.75) is 92.3 Å². The highest BCUT2D eigenvalue weighted by atomic mass is 16.5. The van der Waals surface area contributed by atoms with Crippen molar-refractivity contribution < 1.29 is 24.5 Å². The van der Waals surface area contributed by atoms with Crippen LogP contribution in [0.15, 0.2) is 0 Å². The number of aliphatic carboxylic acids is 2. The Kier molecular flexibility index (Phi) is 8.82. The summed E-state index contributed by atoms with van der Waals surface area (Å²) in [5.74, 6) is -1.67. The number of hydrogen-bond donors (Lipinski definition) is 2. The van der Waals surface area contributed by atoms with Crippen LogP contribution < -0.4 is 0 Å². The maximum Gasteiger partial charge on any atom is 0.309 e. The second-order valence-corrected chi connectivity index (χ2v) is 7.74. The Bertz CT molecular complexity index is 351. The van der Waals surface area contributed by atoms with Crippen LogP contribution in [0.4, 0.5) is 0 Å². The molecule has 0 radical (unpaired) electrons. The molecule has 0 aromatic carbocycles. The third kappa shape index (κ3) is 7.82. The normalized spacial score (nSPS) is 15.2. The molecule has 0 aliphatic carbocycles. The number of hydrogen-bond acceptors (Lipinski definition) is 3. The molecule has 2 atom stereocenters. The van der Waals surface area contributed by atoms with Crippen LogP contribution in [0.3, 0.4) is 0 Å². The van der Waals surface area contributed by atoms with Crippen molar-refractivity contribution in [3.05, 3.63) is 0 Å². The SMILES string of the molecule is CCCC(CC(C)(C)C(=O)O)OC(CCC)CC(C)(C)C(=O)O. The first-order chi connectivity index (χ1) is 10.5. The van der Waals surface area contributed by atoms with Gasteiger partial charge in [-0.15, -0.1) is 0 Å². The van der Waals surface area contributed by atoms with Gasteiger partial charge >= 0.3 is 11.9 Å². The summed E-state index contributed by atoms with van der Waals surface area (Å²) < 4.78 is 6.18. The minimum atomic E-state index is -0.848. The highest BCUT2D eigenvalue weighted by Gasteiger charge is 2.35. The zero-order valence-corrected chi connectivity index (χ0v) is 15.5. The second kappa shape index (κ2) is 9.26. The monoisotopic (exact) mass is 330 g/mol. The molecule has 0 spiro atoms. The zero-order chi connectivity index (χ0) is 18.3. The number of ether oxygens (including phenoxy) is 1. The Labute approximate surface area is 140 Å². The van der Waals surface area contributed by atoms with Crippen molar-refractivity contribution >= 4 is 11.9 Å². The molecule has 0 aliphatic heterocycles. The van der Waals surface area contributed by atoms with Gasteiger partial charge in [-0.3, -0.25) is 9.59 Å². The highest BCUT2D eigenvalue weighted by molar-refractivity contribution is 5.74. The molecule has 5 nitrogen and oxygen atoms in total. The molecule has 0 aromatic heterocycles. The molecular weight excluding hydrogens is 296 g/mol. The summed E-state index contributed by atoms with van der Waals surface area (Å²) in [5.41, 5.74) is -1.70. The van der Waals surface area contributed by atoms with Crippen molar-refractivity contribution in [1.29, 1.82) is 0 Å². The lowest BCUT2D eigenvalue weighted by atomic mass is 9.84. The van der Waals surface area contributed by atoms with E-state index in [4.69, 9.17) is 4.74 Å². The Hall–Kier alpha value is -1.10. The lowest BCUT2D eigenvalue weighted by Crippen LogP contribution is -2.35. The lowest BCUT2D eigenvalue weighted by Gasteiger charge is -2.32. The summed E-state index contributed by atoms with van der Waals surface area (Å²) in [7, 11) is 0. The van der Waals surface area contributed by atoms with E-state index in [0.29, 0.717) is 12.8 Å². The summed E-state index contributed by atoms with van der Waals surface area (Å²) in [6, 6.07) is 0. The van der Waals surface area contributed by atoms with Gasteiger partial charge in [0.2, 0.25) is 0 Å². The molecule has 0 rings (SSSR count). The lowest BCUT2D eigenvalue weighted by molar-refractivity contribution is -0.152. The van der Waals surface area contributed by atoms with E-state index in [1.807, 2.05) is 13.8 Å². The van der Waals surface area contributed by atoms with Gasteiger partial charge in [0.1, 0.15) is 0 Å². The molecule has 0 heterocycles. The van der Waals surface area contributed by atoms with Crippen LogP contribution in [0.1, 0.15) is 80.1 Å². The Balaban J connectivity index is 5.02. The molecule has 0 saturated heterocycles. The average Bonchev–Trinajstić information content (AvgIpc) is 2.37. The molecule has 0 bridgehead atoms. The molecule has 5 heteroatoms. The van der Waals surface area contributed by atoms with Crippen LogP contribution in [0.2, 0.25) is 0 Å². The third-order valence-corrected chi connectivity index (χ3v) is 4.24. The number of carboxylic acid groups (broad SMARTS) is 2. The minimum absolute atomic E-state index is 0.160. The summed E-state index contributed by atoms with van der Waals surface area (Å²) in [5, 5.41) is 18.6. The van der Waals surface area contributed by atoms with Crippen LogP contribution >= 0.6 is 0 Å². The number of rotatable bonds is 12. The topological polar surface area (TPSA) is 83.8 Å². The standard InChI is InChI=1S/C18H34O5/c1-7-9-13(11-17(3,4)15(19)20)23-14(10-8-2)12-18(5,6)16(21)22/h13-14H,7-12H2,1-6H3,(H,19,20)(H,21,22). The van der Waals surface area contributed by atoms with Crippen molar-refractivity contribution in [1.82, 2.24) is 0 Å². The predicted molar refractivity (Wildman–Crippen MR) is 90.5 cm³/mol. The van der Waals surface area contributed by atoms with Gasteiger partial charge in [-0.05, 0) is 53.4 Å². The van der Waals surface area contributed by atoms with E-state index >= 15 is 0 Å². The van der Waals surface area contributed by atoms with Crippen LogP contribution in [0.25, 0.3) is 0 Å². The van der Waals surface area contributed by atoms with E-state index in [2.05, 4.69) is 0 Å². The molecule has 0 saturated carbocycles. The molecule has 0 aliphatic rings. The fraction of sp³-hybridized carbons (Fsp3) is 0.889. The molecule has 136 valence electrons. The van der Waals surface area contributed by atoms with Gasteiger partial charge in [-0.1, -0.05) is 26.7 Å². The van der Waals surface area contributed by atoms with Crippen molar-refractivity contribution in [3.8, 4) is 0 Å². The van der Waals surface area contributed by atoms with E-state index in [9.17, 15) is 19.8 Å². The first-order valence-corrected chi connectivity index (χ1v) is 8.58. The Morgan fingerprint density at radius 1 is 0.826 bits per heavy atom. The molecular formula is C18H34O5. The smallest absolute Gasteiger partial charge is 0.309 e. The Morgan fingerprint density at radius 2 is 1.13 bits per heavy atom. The van der Waals surface area contributed by atoms with Gasteiger partial charge in [0.15, 0.2) is 0 Å². The summed E-state index contributed by atoms with van der Waals surface area (Å²) >= 11 is 0. The molecule has 23 heavy (non-hydrogen) atoms. The molecule has 2 N–H and O–H groups in total. The van der Waals surface area contributed by atoms with Crippen molar-refractivity contribution in [2.75, 3.05) is 0 Å². The fourth-order valence-electron chi connectivity index (χ4n) is 2.67. The molecule has 2 unspecified atom stereocenters. The van der Waals surface area contributed by atoms with Crippen LogP contribution in [-0.4, -0.2) is 34.4 Å². The van der Waals surface area contributed by atoms with Crippen molar-refractivity contribution in [3.63, 3.8) is 0 Å². The summed E-state index contributed by atoms with van der Waals surface area (Å²) in [6.07, 6.45) is 3.92. The van der Waals surface area contributed by atoms with Gasteiger partial charge < -0.3 is 14.9 Å². The maximum absolute atomic E-state index is 11.4. The minimum Gasteiger partial charge on any atom is -0.481 e. The second-order valence-electron chi connectivity index (χ2n) is 7.74. The quantitative estimate of drug-likeness (QED) is 0.556. The van der Waals surface area contributed by atoms with E-state index in [1.54, 1.807) is 27.7 Å². The van der Waals surface area contributed by atoms with Crippen LogP contribution in [0.5, 0.6) is 0 Å². The van der Waals surface area contributed by atoms with Crippen LogP contribution in [-0.2, 0) is 14.3 Å². The first-order valence-electron chi connectivity index (χ1n) is 8.58. The Morgan fingerprint density at radius 3 is 1.35 bits per heavy atom. The van der Waals surface area contributed by atoms with Gasteiger partial charge in [-0.25, -0.2) is 0 Å². The van der Waals surface area contributed by atoms with Gasteiger partial charge in [0.25, 0.3) is 0 Å². The number of carbonyl (C=O) groups is 2. The fourth-order valence-corrected chi connectivity index (χ4v) is 2.67. The molecule has 0 amide bonds. The van der Waals surface area contributed by atoms with Gasteiger partial charge in [-0.2, -0.15) is 0 Å². The predicted octanol–water partition coefficient (Wildman–Crippen LogP) is 4.34.